The van der Waals surface area contributed by atoms with Gasteiger partial charge in [-0.2, -0.15) is 0 Å². The largest absolute Gasteiger partial charge is 0.504 e. The molecule has 8 heteroatoms. The molecule has 1 atom stereocenters. The molecule has 2 aliphatic heterocycles. The lowest BCUT2D eigenvalue weighted by Gasteiger charge is -2.50. The Bertz CT molecular complexity index is 774. The van der Waals surface area contributed by atoms with E-state index in [-0.39, 0.29) is 0 Å². The predicted molar refractivity (Wildman–Crippen MR) is 86.3 cm³/mol. The Hall–Kier alpha value is -2.35. The summed E-state index contributed by atoms with van der Waals surface area (Å²) in [6.07, 6.45) is 0. The number of hydrogen-bond donors (Lipinski definition) is 3. The van der Waals surface area contributed by atoms with E-state index in [1.807, 2.05) is 0 Å². The van der Waals surface area contributed by atoms with Gasteiger partial charge in [0.25, 0.3) is 0 Å². The number of phenolic OH excluding ortho intramolecular Hbond substituents is 1. The normalized spacial score (nSPS) is 22.9. The van der Waals surface area contributed by atoms with Gasteiger partial charge in [-0.3, -0.25) is 0 Å². The molecule has 1 fully saturated rings. The first-order chi connectivity index (χ1) is 11.1. The molecule has 3 N–H and O–H groups in total. The first-order valence-electron chi connectivity index (χ1n) is 7.45. The lowest BCUT2D eigenvalue weighted by atomic mass is 9.73. The fraction of sp³-hybridized carbons (Fsp3) is 0.333. The van der Waals surface area contributed by atoms with Gasteiger partial charge in [0, 0.05) is 37.2 Å². The van der Waals surface area contributed by atoms with E-state index in [0.717, 1.165) is 18.8 Å². The van der Waals surface area contributed by atoms with E-state index < -0.39 is 17.0 Å². The van der Waals surface area contributed by atoms with Crippen LogP contribution in [-0.2, 0) is 0 Å². The summed E-state index contributed by atoms with van der Waals surface area (Å²) >= 11 is 0. The summed E-state index contributed by atoms with van der Waals surface area (Å²) < 4.78 is 13.6. The van der Waals surface area contributed by atoms with Crippen molar-refractivity contribution in [2.45, 2.75) is 5.44 Å². The van der Waals surface area contributed by atoms with Crippen molar-refractivity contribution in [3.05, 3.63) is 30.1 Å². The van der Waals surface area contributed by atoms with Crippen molar-refractivity contribution >= 4 is 19.4 Å². The Labute approximate surface area is 134 Å². The second kappa shape index (κ2) is 5.09. The second-order valence-electron chi connectivity index (χ2n) is 5.88. The van der Waals surface area contributed by atoms with Gasteiger partial charge in [0.2, 0.25) is 0 Å². The summed E-state index contributed by atoms with van der Waals surface area (Å²) in [7, 11) is 6.47. The van der Waals surface area contributed by atoms with Crippen LogP contribution in [0.2, 0.25) is 0 Å². The highest BCUT2D eigenvalue weighted by molar-refractivity contribution is 6.18. The smallest absolute Gasteiger partial charge is 0.172 e. The van der Waals surface area contributed by atoms with Gasteiger partial charge in [0.05, 0.1) is 11.4 Å². The molecule has 1 unspecified atom stereocenters. The maximum atomic E-state index is 13.6. The van der Waals surface area contributed by atoms with Crippen molar-refractivity contribution in [2.24, 2.45) is 0 Å². The molecule has 23 heavy (non-hydrogen) atoms. The topological polar surface area (TPSA) is 73.3 Å². The molecule has 0 spiro atoms. The Morgan fingerprint density at radius 1 is 1.30 bits per heavy atom. The van der Waals surface area contributed by atoms with Gasteiger partial charge in [-0.25, -0.2) is 4.39 Å². The number of piperazine rings is 1. The van der Waals surface area contributed by atoms with Crippen LogP contribution in [0.5, 0.6) is 5.75 Å². The monoisotopic (exact) mass is 311 g/mol. The van der Waals surface area contributed by atoms with E-state index in [1.54, 1.807) is 12.1 Å². The number of halogens is 1. The Kier molecular flexibility index (Phi) is 3.16. The van der Waals surface area contributed by atoms with Gasteiger partial charge in [0.1, 0.15) is 7.85 Å². The number of aromatic nitrogens is 2. The van der Waals surface area contributed by atoms with Gasteiger partial charge < -0.3 is 20.6 Å². The number of nitrogens with zero attached hydrogens (tertiary/aromatic N) is 3. The summed E-state index contributed by atoms with van der Waals surface area (Å²) in [5.41, 5.74) is 0.984. The van der Waals surface area contributed by atoms with Crippen LogP contribution in [-0.4, -0.2) is 54.8 Å². The lowest BCUT2D eigenvalue weighted by molar-refractivity contribution is 0.433. The highest BCUT2D eigenvalue weighted by atomic mass is 19.1. The van der Waals surface area contributed by atoms with Crippen LogP contribution in [0.15, 0.2) is 24.3 Å². The number of rotatable bonds is 1. The van der Waals surface area contributed by atoms with E-state index in [0.29, 0.717) is 30.2 Å². The van der Waals surface area contributed by atoms with Crippen LogP contribution in [0, 0.1) is 5.82 Å². The zero-order valence-corrected chi connectivity index (χ0v) is 12.4. The van der Waals surface area contributed by atoms with E-state index in [9.17, 15) is 9.50 Å². The summed E-state index contributed by atoms with van der Waals surface area (Å²) in [5, 5.41) is 24.7. The molecule has 1 aromatic carbocycles. The van der Waals surface area contributed by atoms with Crippen molar-refractivity contribution < 1.29 is 9.50 Å². The second-order valence-corrected chi connectivity index (χ2v) is 5.88. The first kappa shape index (κ1) is 14.3. The van der Waals surface area contributed by atoms with Gasteiger partial charge in [-0.1, -0.05) is 6.07 Å². The SMILES string of the molecule is [B]C12CNCCN1c1cc(-c3cccc(F)c3O)nnc1NC2. The maximum absolute atomic E-state index is 13.6. The van der Waals surface area contributed by atoms with Crippen LogP contribution in [0.25, 0.3) is 11.3 Å². The van der Waals surface area contributed by atoms with Crippen LogP contribution in [0.3, 0.4) is 0 Å². The molecule has 2 aliphatic rings. The molecule has 4 rings (SSSR count). The zero-order valence-electron chi connectivity index (χ0n) is 12.4. The zero-order chi connectivity index (χ0) is 16.0. The first-order valence-corrected chi connectivity index (χ1v) is 7.45. The third kappa shape index (κ3) is 2.21. The van der Waals surface area contributed by atoms with Crippen LogP contribution >= 0.6 is 0 Å². The van der Waals surface area contributed by atoms with Crippen molar-refractivity contribution in [1.29, 1.82) is 0 Å². The van der Waals surface area contributed by atoms with Gasteiger partial charge in [-0.15, -0.1) is 10.2 Å². The molecule has 1 saturated heterocycles. The molecule has 1 aromatic heterocycles. The standard InChI is InChI=1S/C15H15BFN5O/c16-15-7-18-4-5-22(15)12-6-11(20-21-14(12)19-8-15)9-2-1-3-10(17)13(9)23/h1-3,6,18,23H,4-5,7-8H2,(H,19,21). The number of fused-ring (bicyclic) bond motifs is 3. The highest BCUT2D eigenvalue weighted by Gasteiger charge is 2.39. The fourth-order valence-corrected chi connectivity index (χ4v) is 3.14. The Balaban J connectivity index is 1.82. The number of aromatic hydroxyl groups is 1. The van der Waals surface area contributed by atoms with Crippen LogP contribution in [0.4, 0.5) is 15.9 Å². The van der Waals surface area contributed by atoms with E-state index in [4.69, 9.17) is 7.85 Å². The lowest BCUT2D eigenvalue weighted by Crippen LogP contribution is -2.67. The number of hydrogen-bond acceptors (Lipinski definition) is 6. The van der Waals surface area contributed by atoms with Crippen LogP contribution < -0.4 is 15.5 Å². The maximum Gasteiger partial charge on any atom is 0.172 e. The summed E-state index contributed by atoms with van der Waals surface area (Å²) in [6.45, 7) is 2.78. The number of anilines is 2. The molecule has 2 radical (unpaired) electrons. The molecule has 2 aromatic rings. The van der Waals surface area contributed by atoms with Crippen molar-refractivity contribution in [3.63, 3.8) is 0 Å². The summed E-state index contributed by atoms with van der Waals surface area (Å²) in [5.74, 6) is -0.465. The van der Waals surface area contributed by atoms with Gasteiger partial charge >= 0.3 is 0 Å². The molecule has 0 aliphatic carbocycles. The third-order valence-corrected chi connectivity index (χ3v) is 4.37. The molecule has 0 bridgehead atoms. The summed E-state index contributed by atoms with van der Waals surface area (Å²) in [6, 6.07) is 6.13. The minimum absolute atomic E-state index is 0.309. The van der Waals surface area contributed by atoms with Crippen molar-refractivity contribution in [1.82, 2.24) is 15.5 Å². The minimum atomic E-state index is -0.685. The third-order valence-electron chi connectivity index (χ3n) is 4.37. The minimum Gasteiger partial charge on any atom is -0.504 e. The number of para-hydroxylation sites is 1. The average Bonchev–Trinajstić information content (AvgIpc) is 2.56. The molecule has 0 saturated carbocycles. The van der Waals surface area contributed by atoms with Crippen LogP contribution in [0.1, 0.15) is 0 Å². The molecule has 116 valence electrons. The Morgan fingerprint density at radius 2 is 2.17 bits per heavy atom. The molecule has 3 heterocycles. The quantitative estimate of drug-likeness (QED) is 0.673. The Morgan fingerprint density at radius 3 is 3.04 bits per heavy atom. The van der Waals surface area contributed by atoms with Crippen molar-refractivity contribution in [2.75, 3.05) is 36.4 Å². The number of phenols is 1. The average molecular weight is 311 g/mol. The fourth-order valence-electron chi connectivity index (χ4n) is 3.14. The van der Waals surface area contributed by atoms with E-state index in [2.05, 4.69) is 25.7 Å². The highest BCUT2D eigenvalue weighted by Crippen LogP contribution is 2.38. The predicted octanol–water partition coefficient (Wildman–Crippen LogP) is 0.688. The van der Waals surface area contributed by atoms with Crippen molar-refractivity contribution in [3.8, 4) is 17.0 Å². The molecular weight excluding hydrogens is 296 g/mol. The molecule has 0 amide bonds. The molecular formula is C15H15BFN5O. The van der Waals surface area contributed by atoms with Gasteiger partial charge in [-0.05, 0) is 18.2 Å². The van der Waals surface area contributed by atoms with E-state index in [1.165, 1.54) is 12.1 Å². The number of benzene rings is 1. The number of nitrogens with one attached hydrogen (secondary N) is 2. The summed E-state index contributed by atoms with van der Waals surface area (Å²) in [4.78, 5) is 2.09. The van der Waals surface area contributed by atoms with E-state index >= 15 is 0 Å². The molecule has 6 nitrogen and oxygen atoms in total. The van der Waals surface area contributed by atoms with Gasteiger partial charge in [0.15, 0.2) is 17.4 Å².